The summed E-state index contributed by atoms with van der Waals surface area (Å²) >= 11 is 0. The molecular formula is C23H30FN3O2. The van der Waals surface area contributed by atoms with Crippen molar-refractivity contribution in [3.8, 4) is 5.69 Å². The van der Waals surface area contributed by atoms with Crippen LogP contribution in [0.2, 0.25) is 0 Å². The minimum Gasteiger partial charge on any atom is -0.459 e. The number of alkyl halides is 1. The molecule has 1 unspecified atom stereocenters. The van der Waals surface area contributed by atoms with Gasteiger partial charge in [0.15, 0.2) is 0 Å². The topological polar surface area (TPSA) is 49.1 Å². The van der Waals surface area contributed by atoms with Crippen LogP contribution in [0, 0.1) is 0 Å². The van der Waals surface area contributed by atoms with Crippen LogP contribution >= 0.6 is 0 Å². The molecule has 0 radical (unpaired) electrons. The summed E-state index contributed by atoms with van der Waals surface area (Å²) in [5.41, 5.74) is 2.24. The van der Waals surface area contributed by atoms with E-state index in [2.05, 4.69) is 18.9 Å². The maximum absolute atomic E-state index is 13.0. The molecule has 3 aromatic rings. The van der Waals surface area contributed by atoms with Gasteiger partial charge in [0.2, 0.25) is 0 Å². The van der Waals surface area contributed by atoms with Gasteiger partial charge in [0, 0.05) is 17.8 Å². The molecule has 0 saturated carbocycles. The standard InChI is InChI=1S/C23H30FN3O2/c1-3-5-6-7-10-19(4-2)29-23(28)21-17-27(22-12-9-8-11-20(21)22)18-15-25-26(16-18)14-13-24/h8-9,11-12,15-17,19H,3-7,10,13-14H2,1-2H3. The maximum atomic E-state index is 13.0. The van der Waals surface area contributed by atoms with Crippen molar-refractivity contribution in [2.45, 2.75) is 65.0 Å². The zero-order chi connectivity index (χ0) is 20.6. The predicted octanol–water partition coefficient (Wildman–Crippen LogP) is 5.70. The van der Waals surface area contributed by atoms with Crippen LogP contribution < -0.4 is 0 Å². The first-order chi connectivity index (χ1) is 14.2. The number of carbonyl (C=O) groups is 1. The van der Waals surface area contributed by atoms with Crippen molar-refractivity contribution in [1.29, 1.82) is 0 Å². The molecule has 0 saturated heterocycles. The molecule has 0 spiro atoms. The Hall–Kier alpha value is -2.63. The molecule has 1 atom stereocenters. The molecule has 29 heavy (non-hydrogen) atoms. The van der Waals surface area contributed by atoms with Gasteiger partial charge in [-0.2, -0.15) is 5.10 Å². The average molecular weight is 400 g/mol. The van der Waals surface area contributed by atoms with E-state index in [4.69, 9.17) is 4.74 Å². The molecule has 1 aromatic carbocycles. The number of rotatable bonds is 11. The molecule has 2 heterocycles. The summed E-state index contributed by atoms with van der Waals surface area (Å²) in [7, 11) is 0. The molecular weight excluding hydrogens is 369 g/mol. The molecule has 3 rings (SSSR count). The first kappa shape index (κ1) is 21.1. The SMILES string of the molecule is CCCCCCC(CC)OC(=O)c1cn(-c2cnn(CCF)c2)c2ccccc12. The number of para-hydroxylation sites is 1. The Morgan fingerprint density at radius 2 is 2.00 bits per heavy atom. The van der Waals surface area contributed by atoms with Gasteiger partial charge in [-0.05, 0) is 25.3 Å². The van der Waals surface area contributed by atoms with E-state index in [1.54, 1.807) is 23.3 Å². The lowest BCUT2D eigenvalue weighted by molar-refractivity contribution is 0.0269. The first-order valence-electron chi connectivity index (χ1n) is 10.6. The minimum absolute atomic E-state index is 0.0613. The summed E-state index contributed by atoms with van der Waals surface area (Å²) in [6, 6.07) is 7.73. The molecule has 0 aliphatic carbocycles. The van der Waals surface area contributed by atoms with Crippen molar-refractivity contribution in [2.75, 3.05) is 6.67 Å². The van der Waals surface area contributed by atoms with E-state index in [1.165, 1.54) is 19.3 Å². The molecule has 156 valence electrons. The fourth-order valence-corrected chi connectivity index (χ4v) is 3.60. The average Bonchev–Trinajstić information content (AvgIpc) is 3.35. The van der Waals surface area contributed by atoms with Gasteiger partial charge in [0.05, 0.1) is 29.5 Å². The van der Waals surface area contributed by atoms with Crippen molar-refractivity contribution < 1.29 is 13.9 Å². The van der Waals surface area contributed by atoms with Gasteiger partial charge < -0.3 is 9.30 Å². The Kier molecular flexibility index (Phi) is 7.44. The molecule has 0 aliphatic heterocycles. The van der Waals surface area contributed by atoms with E-state index in [-0.39, 0.29) is 18.6 Å². The largest absolute Gasteiger partial charge is 0.459 e. The molecule has 0 bridgehead atoms. The second-order valence-corrected chi connectivity index (χ2v) is 7.37. The van der Waals surface area contributed by atoms with Gasteiger partial charge in [-0.25, -0.2) is 9.18 Å². The summed E-state index contributed by atoms with van der Waals surface area (Å²) in [6.07, 6.45) is 11.6. The monoisotopic (exact) mass is 399 g/mol. The van der Waals surface area contributed by atoms with Crippen LogP contribution in [0.3, 0.4) is 0 Å². The summed E-state index contributed by atoms with van der Waals surface area (Å²) in [4.78, 5) is 13.0. The fraction of sp³-hybridized carbons (Fsp3) is 0.478. The number of esters is 1. The van der Waals surface area contributed by atoms with Crippen molar-refractivity contribution in [3.63, 3.8) is 0 Å². The predicted molar refractivity (Wildman–Crippen MR) is 113 cm³/mol. The number of hydrogen-bond donors (Lipinski definition) is 0. The van der Waals surface area contributed by atoms with Crippen LogP contribution in [-0.2, 0) is 11.3 Å². The third kappa shape index (κ3) is 5.05. The highest BCUT2D eigenvalue weighted by atomic mass is 19.1. The Balaban J connectivity index is 1.82. The summed E-state index contributed by atoms with van der Waals surface area (Å²) in [5, 5.41) is 5.04. The third-order valence-electron chi connectivity index (χ3n) is 5.25. The van der Waals surface area contributed by atoms with Crippen LogP contribution in [-0.4, -0.2) is 33.1 Å². The summed E-state index contributed by atoms with van der Waals surface area (Å²) in [6.45, 7) is 3.99. The van der Waals surface area contributed by atoms with Gasteiger partial charge in [-0.3, -0.25) is 4.68 Å². The maximum Gasteiger partial charge on any atom is 0.340 e. The molecule has 0 N–H and O–H groups in total. The van der Waals surface area contributed by atoms with E-state index >= 15 is 0 Å². The normalized spacial score (nSPS) is 12.4. The number of aryl methyl sites for hydroxylation is 1. The van der Waals surface area contributed by atoms with Gasteiger partial charge in [-0.1, -0.05) is 51.3 Å². The number of benzene rings is 1. The fourth-order valence-electron chi connectivity index (χ4n) is 3.60. The van der Waals surface area contributed by atoms with Crippen LogP contribution in [0.4, 0.5) is 4.39 Å². The minimum atomic E-state index is -0.470. The highest BCUT2D eigenvalue weighted by Crippen LogP contribution is 2.26. The zero-order valence-corrected chi connectivity index (χ0v) is 17.3. The van der Waals surface area contributed by atoms with Crippen LogP contribution in [0.25, 0.3) is 16.6 Å². The number of fused-ring (bicyclic) bond motifs is 1. The number of hydrogen-bond acceptors (Lipinski definition) is 3. The Morgan fingerprint density at radius 3 is 2.76 bits per heavy atom. The Labute approximate surface area is 171 Å². The van der Waals surface area contributed by atoms with Crippen molar-refractivity contribution >= 4 is 16.9 Å². The number of halogens is 1. The molecule has 6 heteroatoms. The third-order valence-corrected chi connectivity index (χ3v) is 5.25. The van der Waals surface area contributed by atoms with Crippen molar-refractivity contribution in [2.24, 2.45) is 0 Å². The second kappa shape index (κ2) is 10.2. The van der Waals surface area contributed by atoms with Crippen molar-refractivity contribution in [3.05, 3.63) is 48.4 Å². The van der Waals surface area contributed by atoms with Gasteiger partial charge in [0.1, 0.15) is 12.8 Å². The molecule has 5 nitrogen and oxygen atoms in total. The molecule has 0 fully saturated rings. The Bertz CT molecular complexity index is 931. The van der Waals surface area contributed by atoms with Crippen LogP contribution in [0.15, 0.2) is 42.9 Å². The van der Waals surface area contributed by atoms with Crippen molar-refractivity contribution in [1.82, 2.24) is 14.3 Å². The second-order valence-electron chi connectivity index (χ2n) is 7.37. The molecule has 0 amide bonds. The quantitative estimate of drug-likeness (QED) is 0.307. The van der Waals surface area contributed by atoms with Gasteiger partial charge in [-0.15, -0.1) is 0 Å². The van der Waals surface area contributed by atoms with E-state index in [0.717, 1.165) is 35.9 Å². The highest BCUT2D eigenvalue weighted by Gasteiger charge is 2.20. The van der Waals surface area contributed by atoms with Crippen LogP contribution in [0.5, 0.6) is 0 Å². The highest BCUT2D eigenvalue weighted by molar-refractivity contribution is 6.05. The summed E-state index contributed by atoms with van der Waals surface area (Å²) < 4.78 is 21.9. The lowest BCUT2D eigenvalue weighted by atomic mass is 10.1. The van der Waals surface area contributed by atoms with Gasteiger partial charge in [0.25, 0.3) is 0 Å². The molecule has 2 aromatic heterocycles. The zero-order valence-electron chi connectivity index (χ0n) is 17.3. The summed E-state index contributed by atoms with van der Waals surface area (Å²) in [5.74, 6) is -0.293. The van der Waals surface area contributed by atoms with Gasteiger partial charge >= 0.3 is 5.97 Å². The number of ether oxygens (including phenoxy) is 1. The molecule has 0 aliphatic rings. The lowest BCUT2D eigenvalue weighted by Crippen LogP contribution is -2.17. The number of aromatic nitrogens is 3. The Morgan fingerprint density at radius 1 is 1.17 bits per heavy atom. The lowest BCUT2D eigenvalue weighted by Gasteiger charge is -2.15. The van der Waals surface area contributed by atoms with E-state index in [9.17, 15) is 9.18 Å². The number of carbonyl (C=O) groups excluding carboxylic acids is 1. The van der Waals surface area contributed by atoms with E-state index in [1.807, 2.05) is 28.8 Å². The van der Waals surface area contributed by atoms with E-state index in [0.29, 0.717) is 5.56 Å². The van der Waals surface area contributed by atoms with Crippen LogP contribution in [0.1, 0.15) is 62.7 Å². The number of nitrogens with zero attached hydrogens (tertiary/aromatic N) is 3. The smallest absolute Gasteiger partial charge is 0.340 e. The van der Waals surface area contributed by atoms with E-state index < -0.39 is 6.67 Å². The number of unbranched alkanes of at least 4 members (excludes halogenated alkanes) is 3. The first-order valence-corrected chi connectivity index (χ1v) is 10.6.